The summed E-state index contributed by atoms with van der Waals surface area (Å²) in [4.78, 5) is 36.4. The summed E-state index contributed by atoms with van der Waals surface area (Å²) in [6.07, 6.45) is 0. The van der Waals surface area contributed by atoms with Gasteiger partial charge in [0.1, 0.15) is 0 Å². The summed E-state index contributed by atoms with van der Waals surface area (Å²) in [6, 6.07) is 11.4. The zero-order valence-corrected chi connectivity index (χ0v) is 15.4. The Labute approximate surface area is 163 Å². The number of nitrogens with zero attached hydrogens (tertiary/aromatic N) is 4. The van der Waals surface area contributed by atoms with Crippen molar-refractivity contribution in [3.8, 4) is 0 Å². The number of hydrogen-bond acceptors (Lipinski definition) is 7. The van der Waals surface area contributed by atoms with E-state index < -0.39 is 10.8 Å². The van der Waals surface area contributed by atoms with Gasteiger partial charge in [-0.05, 0) is 25.1 Å². The average molecular weight is 395 g/mol. The highest BCUT2D eigenvalue weighted by atomic mass is 32.2. The molecule has 28 heavy (non-hydrogen) atoms. The van der Waals surface area contributed by atoms with Crippen molar-refractivity contribution in [2.45, 2.75) is 6.92 Å². The quantitative estimate of drug-likeness (QED) is 0.633. The number of nitrogens with one attached hydrogen (secondary N) is 1. The van der Waals surface area contributed by atoms with E-state index in [1.807, 2.05) is 31.2 Å². The van der Waals surface area contributed by atoms with Crippen LogP contribution in [0.25, 0.3) is 0 Å². The molecule has 4 rings (SSSR count). The molecule has 1 saturated heterocycles. The molecule has 140 valence electrons. The Morgan fingerprint density at radius 1 is 1.14 bits per heavy atom. The molecular weight excluding hydrogens is 382 g/mol. The zero-order valence-electron chi connectivity index (χ0n) is 14.6. The highest BCUT2D eigenvalue weighted by Crippen LogP contribution is 2.29. The number of benzene rings is 2. The van der Waals surface area contributed by atoms with Gasteiger partial charge in [-0.15, -0.1) is 10.2 Å². The molecular formula is C18H13N5O4S. The van der Waals surface area contributed by atoms with E-state index in [9.17, 15) is 19.7 Å². The minimum Gasteiger partial charge on any atom is -0.320 e. The highest BCUT2D eigenvalue weighted by Gasteiger charge is 2.31. The van der Waals surface area contributed by atoms with E-state index in [1.54, 1.807) is 0 Å². The molecule has 2 heterocycles. The number of aryl methyl sites for hydroxylation is 1. The summed E-state index contributed by atoms with van der Waals surface area (Å²) in [6.45, 7) is 1.95. The maximum absolute atomic E-state index is 12.3. The van der Waals surface area contributed by atoms with Gasteiger partial charge in [-0.1, -0.05) is 29.5 Å². The third-order valence-electron chi connectivity index (χ3n) is 4.23. The van der Waals surface area contributed by atoms with E-state index in [1.165, 1.54) is 34.9 Å². The molecule has 2 amide bonds. The van der Waals surface area contributed by atoms with Gasteiger partial charge in [-0.3, -0.25) is 24.6 Å². The number of amidine groups is 1. The second kappa shape index (κ2) is 6.89. The summed E-state index contributed by atoms with van der Waals surface area (Å²) in [5.74, 6) is -0.429. The molecule has 9 nitrogen and oxygen atoms in total. The number of carbonyl (C=O) groups is 2. The first-order chi connectivity index (χ1) is 13.4. The van der Waals surface area contributed by atoms with Crippen molar-refractivity contribution in [1.82, 2.24) is 0 Å². The van der Waals surface area contributed by atoms with Crippen LogP contribution in [-0.4, -0.2) is 33.4 Å². The van der Waals surface area contributed by atoms with Gasteiger partial charge in [0.05, 0.1) is 22.1 Å². The number of thioether (sulfide) groups is 1. The molecule has 1 N–H and O–H groups in total. The lowest BCUT2D eigenvalue weighted by molar-refractivity contribution is -0.384. The second-order valence-corrected chi connectivity index (χ2v) is 7.07. The minimum absolute atomic E-state index is 0.0324. The lowest BCUT2D eigenvalue weighted by Crippen LogP contribution is -2.29. The molecule has 2 aliphatic heterocycles. The molecule has 2 aromatic rings. The molecule has 0 unspecified atom stereocenters. The highest BCUT2D eigenvalue weighted by molar-refractivity contribution is 8.15. The number of carbonyl (C=O) groups excluding carboxylic acids is 2. The summed E-state index contributed by atoms with van der Waals surface area (Å²) < 4.78 is 0. The molecule has 0 saturated carbocycles. The largest absolute Gasteiger partial charge is 0.320 e. The van der Waals surface area contributed by atoms with Gasteiger partial charge in [0.2, 0.25) is 5.91 Å². The molecule has 0 radical (unpaired) electrons. The lowest BCUT2D eigenvalue weighted by atomic mass is 10.1. The fourth-order valence-corrected chi connectivity index (χ4v) is 3.65. The summed E-state index contributed by atoms with van der Waals surface area (Å²) in [5.41, 5.74) is 2.27. The van der Waals surface area contributed by atoms with E-state index in [2.05, 4.69) is 15.5 Å². The first-order valence-electron chi connectivity index (χ1n) is 8.22. The van der Waals surface area contributed by atoms with Crippen molar-refractivity contribution < 1.29 is 14.5 Å². The summed E-state index contributed by atoms with van der Waals surface area (Å²) in [7, 11) is 0. The molecule has 2 aromatic carbocycles. The predicted octanol–water partition coefficient (Wildman–Crippen LogP) is 2.70. The standard InChI is InChI=1S/C18H13N5O4S/c1-10-2-4-11(5-3-10)22-15(24)9-28-18(22)21-20-16-13-8-12(23(26)27)6-7-14(13)19-17(16)25/h2-8H,9H2,1H3,(H,19,20,25)/b21-18+. The predicted molar refractivity (Wildman–Crippen MR) is 107 cm³/mol. The minimum atomic E-state index is -0.544. The normalized spacial score (nSPS) is 18.7. The number of amides is 2. The van der Waals surface area contributed by atoms with Gasteiger partial charge < -0.3 is 5.32 Å². The molecule has 0 atom stereocenters. The molecule has 2 aliphatic rings. The van der Waals surface area contributed by atoms with Crippen molar-refractivity contribution in [2.75, 3.05) is 16.0 Å². The van der Waals surface area contributed by atoms with Crippen molar-refractivity contribution in [3.63, 3.8) is 0 Å². The van der Waals surface area contributed by atoms with Gasteiger partial charge >= 0.3 is 0 Å². The smallest absolute Gasteiger partial charge is 0.276 e. The average Bonchev–Trinajstić information content (AvgIpc) is 3.19. The number of fused-ring (bicyclic) bond motifs is 1. The van der Waals surface area contributed by atoms with Crippen LogP contribution in [0.2, 0.25) is 0 Å². The van der Waals surface area contributed by atoms with Crippen LogP contribution < -0.4 is 10.2 Å². The van der Waals surface area contributed by atoms with E-state index in [0.29, 0.717) is 22.1 Å². The van der Waals surface area contributed by atoms with E-state index >= 15 is 0 Å². The number of non-ortho nitro benzene ring substituents is 1. The van der Waals surface area contributed by atoms with Crippen LogP contribution in [0.5, 0.6) is 0 Å². The van der Waals surface area contributed by atoms with Crippen molar-refractivity contribution >= 4 is 51.5 Å². The van der Waals surface area contributed by atoms with Gasteiger partial charge in [-0.25, -0.2) is 0 Å². The van der Waals surface area contributed by atoms with Crippen LogP contribution >= 0.6 is 11.8 Å². The first-order valence-corrected chi connectivity index (χ1v) is 9.21. The Hall–Kier alpha value is -3.53. The number of nitro benzene ring substituents is 1. The summed E-state index contributed by atoms with van der Waals surface area (Å²) in [5, 5.41) is 22.1. The van der Waals surface area contributed by atoms with Crippen LogP contribution in [0, 0.1) is 17.0 Å². The Morgan fingerprint density at radius 2 is 1.89 bits per heavy atom. The Morgan fingerprint density at radius 3 is 2.61 bits per heavy atom. The SMILES string of the molecule is Cc1ccc(N2C(=O)CS/C2=N/N=C2\C(=O)Nc3ccc([N+](=O)[O-])cc32)cc1. The lowest BCUT2D eigenvalue weighted by Gasteiger charge is -2.15. The summed E-state index contributed by atoms with van der Waals surface area (Å²) >= 11 is 1.21. The Kier molecular flexibility index (Phi) is 4.40. The van der Waals surface area contributed by atoms with Crippen molar-refractivity contribution in [2.24, 2.45) is 10.2 Å². The van der Waals surface area contributed by atoms with Crippen molar-refractivity contribution in [3.05, 3.63) is 63.7 Å². The van der Waals surface area contributed by atoms with Crippen LogP contribution in [0.15, 0.2) is 52.7 Å². The molecule has 0 aromatic heterocycles. The fourth-order valence-electron chi connectivity index (χ4n) is 2.83. The number of anilines is 2. The van der Waals surface area contributed by atoms with Gasteiger partial charge in [-0.2, -0.15) is 0 Å². The molecule has 0 spiro atoms. The van der Waals surface area contributed by atoms with Gasteiger partial charge in [0.25, 0.3) is 11.6 Å². The number of rotatable bonds is 3. The third-order valence-corrected chi connectivity index (χ3v) is 5.14. The van der Waals surface area contributed by atoms with Crippen LogP contribution in [0.1, 0.15) is 11.1 Å². The topological polar surface area (TPSA) is 117 Å². The van der Waals surface area contributed by atoms with Crippen LogP contribution in [0.4, 0.5) is 17.1 Å². The Balaban J connectivity index is 1.71. The maximum Gasteiger partial charge on any atom is 0.276 e. The monoisotopic (exact) mass is 395 g/mol. The van der Waals surface area contributed by atoms with Crippen LogP contribution in [0.3, 0.4) is 0 Å². The second-order valence-electron chi connectivity index (χ2n) is 6.13. The Bertz CT molecular complexity index is 1080. The third kappa shape index (κ3) is 3.14. The molecule has 10 heteroatoms. The van der Waals surface area contributed by atoms with Gasteiger partial charge in [0.15, 0.2) is 10.9 Å². The molecule has 0 aliphatic carbocycles. The van der Waals surface area contributed by atoms with E-state index in [4.69, 9.17) is 0 Å². The molecule has 1 fully saturated rings. The maximum atomic E-state index is 12.3. The van der Waals surface area contributed by atoms with Crippen LogP contribution in [-0.2, 0) is 9.59 Å². The fraction of sp³-hybridized carbons (Fsp3) is 0.111. The van der Waals surface area contributed by atoms with Crippen molar-refractivity contribution in [1.29, 1.82) is 0 Å². The van der Waals surface area contributed by atoms with E-state index in [0.717, 1.165) is 5.56 Å². The zero-order chi connectivity index (χ0) is 19.8. The van der Waals surface area contributed by atoms with Gasteiger partial charge in [0, 0.05) is 17.7 Å². The van der Waals surface area contributed by atoms with E-state index in [-0.39, 0.29) is 23.1 Å². The number of hydrogen-bond donors (Lipinski definition) is 1. The first kappa shape index (κ1) is 17.9. The molecule has 0 bridgehead atoms. The number of nitro groups is 1.